The zero-order valence-electron chi connectivity index (χ0n) is 18.2. The molecule has 1 atom stereocenters. The van der Waals surface area contributed by atoms with Gasteiger partial charge in [0, 0.05) is 26.1 Å². The van der Waals surface area contributed by atoms with E-state index in [0.29, 0.717) is 50.2 Å². The number of likely N-dealkylation sites (tertiary alicyclic amines) is 1. The number of amides is 3. The molecule has 32 heavy (non-hydrogen) atoms. The van der Waals surface area contributed by atoms with Crippen LogP contribution in [0.4, 0.5) is 13.6 Å². The number of imide groups is 1. The van der Waals surface area contributed by atoms with Gasteiger partial charge in [0.25, 0.3) is 5.91 Å². The Bertz CT molecular complexity index is 1000. The van der Waals surface area contributed by atoms with E-state index < -0.39 is 23.2 Å². The van der Waals surface area contributed by atoms with Crippen LogP contribution in [0.5, 0.6) is 5.75 Å². The lowest BCUT2D eigenvalue weighted by atomic mass is 9.74. The quantitative estimate of drug-likeness (QED) is 0.696. The molecular formula is C24H27F2N3O3. The number of hydrogen-bond donors (Lipinski definition) is 1. The molecule has 0 bridgehead atoms. The minimum atomic E-state index is -1.02. The topological polar surface area (TPSA) is 61.9 Å². The van der Waals surface area contributed by atoms with Gasteiger partial charge in [-0.2, -0.15) is 0 Å². The van der Waals surface area contributed by atoms with E-state index in [9.17, 15) is 18.4 Å². The first-order valence-corrected chi connectivity index (χ1v) is 10.7. The number of methoxy groups -OCH3 is 1. The Hall–Kier alpha value is -3.00. The Labute approximate surface area is 186 Å². The average molecular weight is 443 g/mol. The Morgan fingerprint density at radius 3 is 2.34 bits per heavy atom. The van der Waals surface area contributed by atoms with Crippen molar-refractivity contribution in [3.63, 3.8) is 0 Å². The van der Waals surface area contributed by atoms with Crippen molar-refractivity contribution in [2.24, 2.45) is 5.92 Å². The maximum atomic E-state index is 13.5. The largest absolute Gasteiger partial charge is 0.497 e. The van der Waals surface area contributed by atoms with Gasteiger partial charge >= 0.3 is 6.03 Å². The van der Waals surface area contributed by atoms with Crippen molar-refractivity contribution in [2.45, 2.75) is 31.3 Å². The smallest absolute Gasteiger partial charge is 0.324 e. The number of nitrogens with zero attached hydrogens (tertiary/aromatic N) is 2. The number of benzene rings is 2. The molecule has 2 fully saturated rings. The van der Waals surface area contributed by atoms with Gasteiger partial charge in [0.05, 0.1) is 7.11 Å². The van der Waals surface area contributed by atoms with Gasteiger partial charge in [-0.1, -0.05) is 12.1 Å². The third kappa shape index (κ3) is 4.32. The molecule has 170 valence electrons. The number of piperidine rings is 1. The van der Waals surface area contributed by atoms with Crippen molar-refractivity contribution in [3.8, 4) is 5.75 Å². The van der Waals surface area contributed by atoms with Gasteiger partial charge in [-0.15, -0.1) is 0 Å². The molecule has 2 aliphatic rings. The van der Waals surface area contributed by atoms with Crippen LogP contribution in [-0.2, 0) is 17.8 Å². The number of urea groups is 1. The minimum Gasteiger partial charge on any atom is -0.497 e. The summed E-state index contributed by atoms with van der Waals surface area (Å²) in [7, 11) is 3.09. The van der Waals surface area contributed by atoms with Gasteiger partial charge in [0.15, 0.2) is 0 Å². The monoisotopic (exact) mass is 443 g/mol. The predicted molar refractivity (Wildman–Crippen MR) is 115 cm³/mol. The van der Waals surface area contributed by atoms with Crippen molar-refractivity contribution < 1.29 is 23.1 Å². The lowest BCUT2D eigenvalue weighted by Crippen LogP contribution is -2.57. The number of halogens is 2. The maximum Gasteiger partial charge on any atom is 0.324 e. The van der Waals surface area contributed by atoms with Crippen molar-refractivity contribution in [1.29, 1.82) is 0 Å². The molecule has 3 amide bonds. The minimum absolute atomic E-state index is 0.0596. The number of nitrogens with one attached hydrogen (secondary N) is 1. The highest BCUT2D eigenvalue weighted by Crippen LogP contribution is 2.37. The summed E-state index contributed by atoms with van der Waals surface area (Å²) in [4.78, 5) is 28.9. The van der Waals surface area contributed by atoms with Gasteiger partial charge in [-0.3, -0.25) is 14.6 Å². The lowest BCUT2D eigenvalue weighted by molar-refractivity contribution is -0.133. The van der Waals surface area contributed by atoms with E-state index in [1.165, 1.54) is 19.2 Å². The number of hydrogen-bond acceptors (Lipinski definition) is 4. The van der Waals surface area contributed by atoms with Crippen LogP contribution < -0.4 is 10.1 Å². The van der Waals surface area contributed by atoms with E-state index >= 15 is 0 Å². The van der Waals surface area contributed by atoms with Crippen molar-refractivity contribution >= 4 is 11.9 Å². The van der Waals surface area contributed by atoms with Crippen LogP contribution in [0.1, 0.15) is 24.0 Å². The van der Waals surface area contributed by atoms with Crippen molar-refractivity contribution in [1.82, 2.24) is 15.1 Å². The zero-order valence-corrected chi connectivity index (χ0v) is 18.2. The highest BCUT2D eigenvalue weighted by Gasteiger charge is 2.54. The van der Waals surface area contributed by atoms with Gasteiger partial charge in [-0.05, 0) is 67.2 Å². The fourth-order valence-corrected chi connectivity index (χ4v) is 4.91. The first-order chi connectivity index (χ1) is 15.3. The van der Waals surface area contributed by atoms with Crippen LogP contribution in [0, 0.1) is 17.6 Å². The normalized spacial score (nSPS) is 22.3. The SMILES string of the molecule is COc1cccc(CC2(C3CCN(Cc4cc(F)cc(F)c4)CC3)NC(=O)N(C)C2=O)c1. The summed E-state index contributed by atoms with van der Waals surface area (Å²) in [5.41, 5.74) is 0.470. The Kier molecular flexibility index (Phi) is 6.15. The number of rotatable bonds is 6. The Morgan fingerprint density at radius 1 is 1.06 bits per heavy atom. The highest BCUT2D eigenvalue weighted by atomic mass is 19.1. The van der Waals surface area contributed by atoms with Crippen LogP contribution >= 0.6 is 0 Å². The molecule has 2 aliphatic heterocycles. The summed E-state index contributed by atoms with van der Waals surface area (Å²) >= 11 is 0. The van der Waals surface area contributed by atoms with Gasteiger partial charge in [0.2, 0.25) is 0 Å². The molecule has 0 radical (unpaired) electrons. The van der Waals surface area contributed by atoms with E-state index in [0.717, 1.165) is 16.5 Å². The van der Waals surface area contributed by atoms with Gasteiger partial charge in [-0.25, -0.2) is 13.6 Å². The predicted octanol–water partition coefficient (Wildman–Crippen LogP) is 3.35. The van der Waals surface area contributed by atoms with Crippen molar-refractivity contribution in [2.75, 3.05) is 27.2 Å². The number of carbonyl (C=O) groups is 2. The van der Waals surface area contributed by atoms with E-state index in [1.807, 2.05) is 24.3 Å². The second-order valence-corrected chi connectivity index (χ2v) is 8.62. The summed E-state index contributed by atoms with van der Waals surface area (Å²) in [5.74, 6) is -0.768. The molecule has 0 spiro atoms. The number of ether oxygens (including phenoxy) is 1. The Morgan fingerprint density at radius 2 is 1.75 bits per heavy atom. The lowest BCUT2D eigenvalue weighted by Gasteiger charge is -2.41. The summed E-state index contributed by atoms with van der Waals surface area (Å²) < 4.78 is 32.4. The van der Waals surface area contributed by atoms with E-state index in [1.54, 1.807) is 7.11 Å². The van der Waals surface area contributed by atoms with Crippen LogP contribution in [0.2, 0.25) is 0 Å². The third-order valence-electron chi connectivity index (χ3n) is 6.55. The summed E-state index contributed by atoms with van der Waals surface area (Å²) in [6, 6.07) is 10.7. The summed E-state index contributed by atoms with van der Waals surface area (Å²) in [6.07, 6.45) is 1.74. The van der Waals surface area contributed by atoms with Crippen LogP contribution in [0.15, 0.2) is 42.5 Å². The number of likely N-dealkylation sites (N-methyl/N-ethyl adjacent to an activating group) is 1. The molecule has 8 heteroatoms. The number of carbonyl (C=O) groups excluding carboxylic acids is 2. The van der Waals surface area contributed by atoms with Gasteiger partial charge in [0.1, 0.15) is 22.9 Å². The second-order valence-electron chi connectivity index (χ2n) is 8.62. The summed E-state index contributed by atoms with van der Waals surface area (Å²) in [6.45, 7) is 1.76. The van der Waals surface area contributed by atoms with Crippen LogP contribution in [0.3, 0.4) is 0 Å². The highest BCUT2D eigenvalue weighted by molar-refractivity contribution is 6.07. The standard InChI is InChI=1S/C24H27F2N3O3/c1-28-22(30)24(27-23(28)31,14-16-4-3-5-21(12-16)32-2)18-6-8-29(9-7-18)15-17-10-19(25)13-20(26)11-17/h3-5,10-13,18H,6-9,14-15H2,1-2H3,(H,27,31). The molecule has 1 N–H and O–H groups in total. The van der Waals surface area contributed by atoms with Crippen molar-refractivity contribution in [3.05, 3.63) is 65.2 Å². The molecule has 2 aromatic rings. The average Bonchev–Trinajstić information content (AvgIpc) is 2.98. The fraction of sp³-hybridized carbons (Fsp3) is 0.417. The fourth-order valence-electron chi connectivity index (χ4n) is 4.91. The molecule has 2 aromatic carbocycles. The molecule has 0 aromatic heterocycles. The molecular weight excluding hydrogens is 416 g/mol. The first kappa shape index (κ1) is 22.2. The third-order valence-corrected chi connectivity index (χ3v) is 6.55. The Balaban J connectivity index is 1.51. The van der Waals surface area contributed by atoms with Crippen LogP contribution in [-0.4, -0.2) is 54.5 Å². The molecule has 0 saturated carbocycles. The summed E-state index contributed by atoms with van der Waals surface area (Å²) in [5, 5.41) is 2.98. The molecule has 0 aliphatic carbocycles. The molecule has 4 rings (SSSR count). The van der Waals surface area contributed by atoms with Crippen LogP contribution in [0.25, 0.3) is 0 Å². The van der Waals surface area contributed by atoms with Gasteiger partial charge < -0.3 is 10.1 Å². The first-order valence-electron chi connectivity index (χ1n) is 10.7. The maximum absolute atomic E-state index is 13.5. The van der Waals surface area contributed by atoms with E-state index in [-0.39, 0.29) is 11.8 Å². The molecule has 2 saturated heterocycles. The zero-order chi connectivity index (χ0) is 22.9. The molecule has 6 nitrogen and oxygen atoms in total. The second kappa shape index (κ2) is 8.86. The molecule has 2 heterocycles. The molecule has 1 unspecified atom stereocenters. The van der Waals surface area contributed by atoms with E-state index in [2.05, 4.69) is 10.2 Å². The van der Waals surface area contributed by atoms with E-state index in [4.69, 9.17) is 4.74 Å².